The zero-order valence-corrected chi connectivity index (χ0v) is 18.3. The lowest BCUT2D eigenvalue weighted by atomic mass is 9.93. The van der Waals surface area contributed by atoms with Gasteiger partial charge in [0.15, 0.2) is 0 Å². The van der Waals surface area contributed by atoms with Crippen LogP contribution >= 0.6 is 0 Å². The third kappa shape index (κ3) is 6.50. The van der Waals surface area contributed by atoms with Crippen molar-refractivity contribution in [2.45, 2.75) is 25.7 Å². The summed E-state index contributed by atoms with van der Waals surface area (Å²) in [6.07, 6.45) is 1.75. The molecule has 0 saturated carbocycles. The minimum Gasteiger partial charge on any atom is -0.395 e. The number of aliphatic hydroxyl groups is 1. The molecule has 0 amide bonds. The van der Waals surface area contributed by atoms with Crippen LogP contribution in [0.25, 0.3) is 0 Å². The summed E-state index contributed by atoms with van der Waals surface area (Å²) in [5.41, 5.74) is 0.379. The normalized spacial score (nSPS) is 12.2. The Kier molecular flexibility index (Phi) is 8.95. The van der Waals surface area contributed by atoms with E-state index in [2.05, 4.69) is 17.1 Å². The molecule has 0 spiro atoms. The smallest absolute Gasteiger partial charge is 0.332 e. The van der Waals surface area contributed by atoms with Gasteiger partial charge >= 0.3 is 5.69 Å². The number of nitrogens with zero attached hydrogens (tertiary/aromatic N) is 4. The van der Waals surface area contributed by atoms with Gasteiger partial charge in [0.2, 0.25) is 0 Å². The van der Waals surface area contributed by atoms with Crippen LogP contribution < -0.4 is 16.6 Å². The first kappa shape index (κ1) is 24.3. The van der Waals surface area contributed by atoms with Crippen LogP contribution in [0, 0.1) is 10.1 Å². The van der Waals surface area contributed by atoms with Gasteiger partial charge in [-0.05, 0) is 30.9 Å². The molecule has 0 radical (unpaired) electrons. The van der Waals surface area contributed by atoms with Crippen LogP contribution in [0.2, 0.25) is 0 Å². The number of non-ortho nitro benzene ring substituents is 1. The van der Waals surface area contributed by atoms with E-state index in [4.69, 9.17) is 0 Å². The van der Waals surface area contributed by atoms with E-state index in [0.717, 1.165) is 29.5 Å². The molecule has 1 aromatic heterocycles. The fourth-order valence-electron chi connectivity index (χ4n) is 3.53. The third-order valence-corrected chi connectivity index (χ3v) is 5.54. The van der Waals surface area contributed by atoms with Gasteiger partial charge in [-0.15, -0.1) is 0 Å². The number of aromatic nitrogens is 2. The van der Waals surface area contributed by atoms with Crippen molar-refractivity contribution in [2.75, 3.05) is 38.1 Å². The van der Waals surface area contributed by atoms with Gasteiger partial charge in [-0.3, -0.25) is 28.9 Å². The molecule has 10 nitrogen and oxygen atoms in total. The summed E-state index contributed by atoms with van der Waals surface area (Å²) in [6, 6.07) is 8.06. The first-order valence-electron chi connectivity index (χ1n) is 10.4. The van der Waals surface area contributed by atoms with Gasteiger partial charge in [0.25, 0.3) is 11.2 Å². The zero-order valence-electron chi connectivity index (χ0n) is 18.3. The van der Waals surface area contributed by atoms with Crippen LogP contribution in [-0.4, -0.2) is 56.8 Å². The van der Waals surface area contributed by atoms with Crippen molar-refractivity contribution in [2.24, 2.45) is 14.1 Å². The number of aliphatic hydroxyl groups excluding tert-OH is 1. The number of nitro groups is 1. The molecule has 31 heavy (non-hydrogen) atoms. The molecular weight excluding hydrogens is 402 g/mol. The van der Waals surface area contributed by atoms with E-state index in [9.17, 15) is 24.8 Å². The van der Waals surface area contributed by atoms with Crippen LogP contribution in [0.5, 0.6) is 0 Å². The number of hydrogen-bond acceptors (Lipinski definition) is 7. The minimum absolute atomic E-state index is 0.0265. The lowest BCUT2D eigenvalue weighted by Crippen LogP contribution is -2.38. The topological polar surface area (TPSA) is 123 Å². The zero-order chi connectivity index (χ0) is 23.0. The lowest BCUT2D eigenvalue weighted by molar-refractivity contribution is -0.384. The number of rotatable bonds is 12. The van der Waals surface area contributed by atoms with E-state index < -0.39 is 10.6 Å². The highest BCUT2D eigenvalue weighted by Gasteiger charge is 2.14. The van der Waals surface area contributed by atoms with E-state index in [0.29, 0.717) is 25.5 Å². The number of nitro benzene ring substituents is 1. The Morgan fingerprint density at radius 3 is 2.39 bits per heavy atom. The molecule has 0 aliphatic carbocycles. The molecule has 1 aromatic carbocycles. The fourth-order valence-corrected chi connectivity index (χ4v) is 3.53. The van der Waals surface area contributed by atoms with E-state index in [1.165, 1.54) is 29.8 Å². The molecule has 2 aromatic rings. The third-order valence-electron chi connectivity index (χ3n) is 5.54. The minimum atomic E-state index is -0.404. The van der Waals surface area contributed by atoms with Crippen molar-refractivity contribution in [3.63, 3.8) is 0 Å². The van der Waals surface area contributed by atoms with E-state index in [1.807, 2.05) is 0 Å². The van der Waals surface area contributed by atoms with Gasteiger partial charge in [0.05, 0.1) is 11.5 Å². The molecule has 170 valence electrons. The first-order chi connectivity index (χ1) is 14.8. The highest BCUT2D eigenvalue weighted by atomic mass is 16.6. The maximum Gasteiger partial charge on any atom is 0.332 e. The largest absolute Gasteiger partial charge is 0.395 e. The Morgan fingerprint density at radius 1 is 1.13 bits per heavy atom. The standard InChI is InChI=1S/C21H31N5O5/c1-4-16(17-5-7-18(8-6-17)26(30)31)9-11-25(13-14-27)12-10-22-19-15-20(28)24(3)21(29)23(19)2/h5-8,15-16,22,27H,4,9-14H2,1-3H3. The Labute approximate surface area is 180 Å². The van der Waals surface area contributed by atoms with Gasteiger partial charge in [0.1, 0.15) is 5.82 Å². The maximum absolute atomic E-state index is 12.0. The Morgan fingerprint density at radius 2 is 1.81 bits per heavy atom. The van der Waals surface area contributed by atoms with E-state index in [-0.39, 0.29) is 23.8 Å². The molecule has 0 bridgehead atoms. The second kappa shape index (κ2) is 11.4. The van der Waals surface area contributed by atoms with E-state index in [1.54, 1.807) is 19.2 Å². The van der Waals surface area contributed by atoms with Crippen molar-refractivity contribution in [3.8, 4) is 0 Å². The van der Waals surface area contributed by atoms with Crippen LogP contribution in [0.1, 0.15) is 31.2 Å². The van der Waals surface area contributed by atoms with Crippen molar-refractivity contribution in [1.29, 1.82) is 0 Å². The quantitative estimate of drug-likeness (QED) is 0.382. The number of anilines is 1. The molecule has 0 fully saturated rings. The monoisotopic (exact) mass is 433 g/mol. The summed E-state index contributed by atoms with van der Waals surface area (Å²) >= 11 is 0. The van der Waals surface area contributed by atoms with Gasteiger partial charge in [-0.1, -0.05) is 19.1 Å². The Balaban J connectivity index is 1.95. The first-order valence-corrected chi connectivity index (χ1v) is 10.4. The molecule has 1 heterocycles. The second-order valence-corrected chi connectivity index (χ2v) is 7.50. The van der Waals surface area contributed by atoms with Gasteiger partial charge in [-0.2, -0.15) is 0 Å². The second-order valence-electron chi connectivity index (χ2n) is 7.50. The van der Waals surface area contributed by atoms with Gasteiger partial charge in [-0.25, -0.2) is 4.79 Å². The van der Waals surface area contributed by atoms with Gasteiger partial charge < -0.3 is 10.4 Å². The van der Waals surface area contributed by atoms with Crippen molar-refractivity contribution < 1.29 is 10.0 Å². The summed E-state index contributed by atoms with van der Waals surface area (Å²) in [4.78, 5) is 36.4. The molecule has 0 aliphatic heterocycles. The SMILES string of the molecule is CCC(CCN(CCO)CCNc1cc(=O)n(C)c(=O)n1C)c1ccc([N+](=O)[O-])cc1. The molecule has 1 unspecified atom stereocenters. The fraction of sp³-hybridized carbons (Fsp3) is 0.524. The highest BCUT2D eigenvalue weighted by Crippen LogP contribution is 2.25. The van der Waals surface area contributed by atoms with Crippen LogP contribution in [0.15, 0.2) is 39.9 Å². The average molecular weight is 434 g/mol. The molecule has 2 N–H and O–H groups in total. The molecular formula is C21H31N5O5. The molecule has 2 rings (SSSR count). The maximum atomic E-state index is 12.0. The van der Waals surface area contributed by atoms with Crippen molar-refractivity contribution in [3.05, 3.63) is 66.8 Å². The molecule has 0 aliphatic rings. The van der Waals surface area contributed by atoms with Crippen molar-refractivity contribution >= 4 is 11.5 Å². The van der Waals surface area contributed by atoms with Crippen LogP contribution in [0.3, 0.4) is 0 Å². The van der Waals surface area contributed by atoms with E-state index >= 15 is 0 Å². The van der Waals surface area contributed by atoms with Crippen LogP contribution in [0.4, 0.5) is 11.5 Å². The number of hydrogen-bond donors (Lipinski definition) is 2. The Bertz CT molecular complexity index is 983. The summed E-state index contributed by atoms with van der Waals surface area (Å²) in [6.45, 7) is 4.50. The Hall–Kier alpha value is -2.98. The number of nitrogens with one attached hydrogen (secondary N) is 1. The predicted octanol–water partition coefficient (Wildman–Crippen LogP) is 1.28. The average Bonchev–Trinajstić information content (AvgIpc) is 2.76. The van der Waals surface area contributed by atoms with Crippen molar-refractivity contribution in [1.82, 2.24) is 14.0 Å². The summed E-state index contributed by atoms with van der Waals surface area (Å²) < 4.78 is 2.44. The molecule has 0 saturated heterocycles. The molecule has 1 atom stereocenters. The summed E-state index contributed by atoms with van der Waals surface area (Å²) in [5, 5.41) is 23.4. The number of benzene rings is 1. The summed E-state index contributed by atoms with van der Waals surface area (Å²) in [7, 11) is 3.04. The van der Waals surface area contributed by atoms with Crippen LogP contribution in [-0.2, 0) is 14.1 Å². The predicted molar refractivity (Wildman–Crippen MR) is 120 cm³/mol. The van der Waals surface area contributed by atoms with Gasteiger partial charge in [0, 0.05) is 51.9 Å². The lowest BCUT2D eigenvalue weighted by Gasteiger charge is -2.25. The highest BCUT2D eigenvalue weighted by molar-refractivity contribution is 5.35. The summed E-state index contributed by atoms with van der Waals surface area (Å²) in [5.74, 6) is 0.710. The molecule has 10 heteroatoms.